The number of nitrogens with one attached hydrogen (secondary N) is 1. The number of nitrogens with zero attached hydrogens (tertiary/aromatic N) is 2. The average Bonchev–Trinajstić information content (AvgIpc) is 2.63. The van der Waals surface area contributed by atoms with Crippen LogP contribution in [0.4, 0.5) is 4.39 Å². The number of aromatic nitrogens is 2. The van der Waals surface area contributed by atoms with Crippen molar-refractivity contribution in [2.45, 2.75) is 17.7 Å². The molecule has 2 unspecified atom stereocenters. The van der Waals surface area contributed by atoms with E-state index in [4.69, 9.17) is 0 Å². The molecule has 84 valence electrons. The fraction of sp³-hybridized carbons (Fsp3) is 0.700. The van der Waals surface area contributed by atoms with Crippen molar-refractivity contribution in [3.8, 4) is 0 Å². The SMILES string of the molecule is Cn1ccnc1SCC1CCNCC1F. The summed E-state index contributed by atoms with van der Waals surface area (Å²) in [6.45, 7) is 1.44. The van der Waals surface area contributed by atoms with Crippen LogP contribution >= 0.6 is 11.8 Å². The molecule has 1 aromatic rings. The van der Waals surface area contributed by atoms with Crippen LogP contribution in [0.5, 0.6) is 0 Å². The Morgan fingerprint density at radius 1 is 1.73 bits per heavy atom. The normalized spacial score (nSPS) is 26.8. The highest BCUT2D eigenvalue weighted by Crippen LogP contribution is 2.24. The number of alkyl halides is 1. The van der Waals surface area contributed by atoms with Crippen molar-refractivity contribution >= 4 is 11.8 Å². The van der Waals surface area contributed by atoms with Crippen molar-refractivity contribution in [3.05, 3.63) is 12.4 Å². The second-order valence-corrected chi connectivity index (χ2v) is 4.89. The molecule has 0 amide bonds. The van der Waals surface area contributed by atoms with Crippen molar-refractivity contribution in [3.63, 3.8) is 0 Å². The first-order chi connectivity index (χ1) is 7.27. The summed E-state index contributed by atoms with van der Waals surface area (Å²) in [4.78, 5) is 4.21. The van der Waals surface area contributed by atoms with Gasteiger partial charge in [-0.25, -0.2) is 9.37 Å². The lowest BCUT2D eigenvalue weighted by Crippen LogP contribution is -2.39. The predicted molar refractivity (Wildman–Crippen MR) is 59.8 cm³/mol. The molecule has 1 aliphatic rings. The molecule has 15 heavy (non-hydrogen) atoms. The molecule has 3 nitrogen and oxygen atoms in total. The third-order valence-electron chi connectivity index (χ3n) is 2.75. The summed E-state index contributed by atoms with van der Waals surface area (Å²) in [5.41, 5.74) is 0. The molecule has 1 aromatic heterocycles. The Hall–Kier alpha value is -0.550. The minimum Gasteiger partial charge on any atom is -0.329 e. The van der Waals surface area contributed by atoms with Crippen molar-refractivity contribution in [2.24, 2.45) is 13.0 Å². The molecule has 1 fully saturated rings. The van der Waals surface area contributed by atoms with Crippen LogP contribution in [0.15, 0.2) is 17.6 Å². The van der Waals surface area contributed by atoms with E-state index >= 15 is 0 Å². The number of hydrogen-bond acceptors (Lipinski definition) is 3. The average molecular weight is 229 g/mol. The maximum Gasteiger partial charge on any atom is 0.167 e. The van der Waals surface area contributed by atoms with Crippen LogP contribution in [0.1, 0.15) is 6.42 Å². The predicted octanol–water partition coefficient (Wildman–Crippen LogP) is 1.46. The van der Waals surface area contributed by atoms with Crippen LogP contribution in [0.2, 0.25) is 0 Å². The fourth-order valence-electron chi connectivity index (χ4n) is 1.74. The standard InChI is InChI=1S/C10H16FN3S/c1-14-5-4-13-10(14)15-7-8-2-3-12-6-9(8)11/h4-5,8-9,12H,2-3,6-7H2,1H3. The zero-order valence-electron chi connectivity index (χ0n) is 8.82. The van der Waals surface area contributed by atoms with E-state index < -0.39 is 6.17 Å². The zero-order valence-corrected chi connectivity index (χ0v) is 9.63. The van der Waals surface area contributed by atoms with E-state index in [1.165, 1.54) is 0 Å². The molecule has 1 aliphatic heterocycles. The number of halogens is 1. The van der Waals surface area contributed by atoms with E-state index in [1.807, 2.05) is 17.8 Å². The smallest absolute Gasteiger partial charge is 0.167 e. The van der Waals surface area contributed by atoms with Gasteiger partial charge in [0.15, 0.2) is 5.16 Å². The molecule has 1 saturated heterocycles. The second kappa shape index (κ2) is 4.99. The highest BCUT2D eigenvalue weighted by molar-refractivity contribution is 7.99. The van der Waals surface area contributed by atoms with Gasteiger partial charge in [-0.1, -0.05) is 11.8 Å². The third kappa shape index (κ3) is 2.72. The van der Waals surface area contributed by atoms with Crippen molar-refractivity contribution in [1.82, 2.24) is 14.9 Å². The number of hydrogen-bond donors (Lipinski definition) is 1. The van der Waals surface area contributed by atoms with Crippen LogP contribution < -0.4 is 5.32 Å². The Morgan fingerprint density at radius 3 is 3.27 bits per heavy atom. The van der Waals surface area contributed by atoms with E-state index in [1.54, 1.807) is 18.0 Å². The number of imidazole rings is 1. The van der Waals surface area contributed by atoms with E-state index in [0.717, 1.165) is 23.9 Å². The Kier molecular flexibility index (Phi) is 3.64. The first-order valence-electron chi connectivity index (χ1n) is 5.22. The van der Waals surface area contributed by atoms with Crippen molar-refractivity contribution < 1.29 is 4.39 Å². The molecule has 2 heterocycles. The summed E-state index contributed by atoms with van der Waals surface area (Å²) in [5.74, 6) is 1.00. The Morgan fingerprint density at radius 2 is 2.60 bits per heavy atom. The summed E-state index contributed by atoms with van der Waals surface area (Å²) in [6.07, 6.45) is 3.92. The molecular formula is C10H16FN3S. The number of thioether (sulfide) groups is 1. The van der Waals surface area contributed by atoms with E-state index in [2.05, 4.69) is 10.3 Å². The topological polar surface area (TPSA) is 29.9 Å². The Labute approximate surface area is 93.5 Å². The quantitative estimate of drug-likeness (QED) is 0.796. The summed E-state index contributed by atoms with van der Waals surface area (Å²) >= 11 is 1.65. The van der Waals surface area contributed by atoms with Gasteiger partial charge in [0.25, 0.3) is 0 Å². The van der Waals surface area contributed by atoms with Crippen LogP contribution in [0.25, 0.3) is 0 Å². The Balaban J connectivity index is 1.84. The molecule has 0 aromatic carbocycles. The fourth-order valence-corrected chi connectivity index (χ4v) is 2.87. The third-order valence-corrected chi connectivity index (χ3v) is 3.99. The lowest BCUT2D eigenvalue weighted by atomic mass is 9.99. The molecule has 0 radical (unpaired) electrons. The number of piperidine rings is 1. The highest BCUT2D eigenvalue weighted by atomic mass is 32.2. The van der Waals surface area contributed by atoms with Crippen LogP contribution in [-0.4, -0.2) is 34.6 Å². The van der Waals surface area contributed by atoms with Crippen molar-refractivity contribution in [1.29, 1.82) is 0 Å². The summed E-state index contributed by atoms with van der Waals surface area (Å²) < 4.78 is 15.4. The maximum absolute atomic E-state index is 13.5. The monoisotopic (exact) mass is 229 g/mol. The van der Waals surface area contributed by atoms with Gasteiger partial charge in [0.1, 0.15) is 6.17 Å². The largest absolute Gasteiger partial charge is 0.329 e. The van der Waals surface area contributed by atoms with Gasteiger partial charge in [-0.15, -0.1) is 0 Å². The number of rotatable bonds is 3. The van der Waals surface area contributed by atoms with E-state index in [0.29, 0.717) is 6.54 Å². The summed E-state index contributed by atoms with van der Waals surface area (Å²) in [5, 5.41) is 4.04. The van der Waals surface area contributed by atoms with Gasteiger partial charge < -0.3 is 9.88 Å². The lowest BCUT2D eigenvalue weighted by molar-refractivity contribution is 0.197. The number of aryl methyl sites for hydroxylation is 1. The molecule has 0 saturated carbocycles. The highest BCUT2D eigenvalue weighted by Gasteiger charge is 2.24. The van der Waals surface area contributed by atoms with Crippen molar-refractivity contribution in [2.75, 3.05) is 18.8 Å². The summed E-state index contributed by atoms with van der Waals surface area (Å²) in [7, 11) is 1.96. The van der Waals surface area contributed by atoms with Crippen LogP contribution in [0.3, 0.4) is 0 Å². The first-order valence-corrected chi connectivity index (χ1v) is 6.21. The molecule has 0 spiro atoms. The van der Waals surface area contributed by atoms with Gasteiger partial charge in [-0.05, 0) is 13.0 Å². The molecule has 1 N–H and O–H groups in total. The maximum atomic E-state index is 13.5. The minimum atomic E-state index is -0.702. The van der Waals surface area contributed by atoms with Gasteiger partial charge in [-0.3, -0.25) is 0 Å². The molecule has 0 bridgehead atoms. The molecule has 0 aliphatic carbocycles. The Bertz CT molecular complexity index is 315. The van der Waals surface area contributed by atoms with Gasteiger partial charge in [0, 0.05) is 37.7 Å². The van der Waals surface area contributed by atoms with Gasteiger partial charge >= 0.3 is 0 Å². The molecule has 2 rings (SSSR count). The van der Waals surface area contributed by atoms with Gasteiger partial charge in [-0.2, -0.15) is 0 Å². The first kappa shape index (κ1) is 11.0. The van der Waals surface area contributed by atoms with E-state index in [-0.39, 0.29) is 5.92 Å². The zero-order chi connectivity index (χ0) is 10.7. The van der Waals surface area contributed by atoms with E-state index in [9.17, 15) is 4.39 Å². The van der Waals surface area contributed by atoms with Gasteiger partial charge in [0.2, 0.25) is 0 Å². The van der Waals surface area contributed by atoms with Gasteiger partial charge in [0.05, 0.1) is 0 Å². The van der Waals surface area contributed by atoms with Crippen LogP contribution in [0, 0.1) is 5.92 Å². The molecule has 2 atom stereocenters. The van der Waals surface area contributed by atoms with Crippen LogP contribution in [-0.2, 0) is 7.05 Å². The second-order valence-electron chi connectivity index (χ2n) is 3.90. The summed E-state index contributed by atoms with van der Waals surface area (Å²) in [6, 6.07) is 0. The molecule has 5 heteroatoms. The minimum absolute atomic E-state index is 0.174. The lowest BCUT2D eigenvalue weighted by Gasteiger charge is -2.26. The molecular weight excluding hydrogens is 213 g/mol.